The van der Waals surface area contributed by atoms with Crippen LogP contribution in [0.1, 0.15) is 68.0 Å². The van der Waals surface area contributed by atoms with Crippen molar-refractivity contribution in [3.05, 3.63) is 119 Å². The van der Waals surface area contributed by atoms with E-state index in [1.165, 1.54) is 5.56 Å². The Hall–Kier alpha value is -2.80. The van der Waals surface area contributed by atoms with Crippen molar-refractivity contribution >= 4 is 19.0 Å². The molecule has 0 aliphatic heterocycles. The van der Waals surface area contributed by atoms with E-state index in [1.54, 1.807) is 0 Å². The lowest BCUT2D eigenvalue weighted by Crippen LogP contribution is -2.16. The van der Waals surface area contributed by atoms with Crippen molar-refractivity contribution in [2.75, 3.05) is 0 Å². The second kappa shape index (κ2) is 8.15. The zero-order valence-electron chi connectivity index (χ0n) is 18.9. The quantitative estimate of drug-likeness (QED) is 0.396. The molecule has 0 aliphatic rings. The Kier molecular flexibility index (Phi) is 5.95. The minimum atomic E-state index is -0.347. The van der Waals surface area contributed by atoms with Crippen LogP contribution in [0, 0.1) is 0 Å². The molecule has 0 aliphatic carbocycles. The number of hydrogen-bond acceptors (Lipinski definition) is 0. The second-order valence-corrected chi connectivity index (χ2v) is 9.66. The van der Waals surface area contributed by atoms with Crippen LogP contribution < -0.4 is 0 Å². The topological polar surface area (TPSA) is 0 Å². The summed E-state index contributed by atoms with van der Waals surface area (Å²) in [5.74, 6) is 0. The largest absolute Gasteiger partial charge is 0.0906 e. The second-order valence-electron chi connectivity index (χ2n) is 9.66. The standard InChI is InChI=1S/C29H31B/c1-20(22-11-15-26(16-12-22)28(3,4)5)24-9-8-10-25(19-24)21(2)23-13-17-27(18-14-23)29(6,7)30/h8-19H,1-2H2,3-7H3. The van der Waals surface area contributed by atoms with Crippen molar-refractivity contribution in [3.63, 3.8) is 0 Å². The molecule has 0 saturated heterocycles. The first-order valence-electron chi connectivity index (χ1n) is 10.5. The van der Waals surface area contributed by atoms with E-state index in [2.05, 4.69) is 107 Å². The van der Waals surface area contributed by atoms with Crippen molar-refractivity contribution in [2.24, 2.45) is 0 Å². The molecule has 0 aromatic heterocycles. The smallest absolute Gasteiger partial charge is 0.0802 e. The van der Waals surface area contributed by atoms with E-state index < -0.39 is 0 Å². The van der Waals surface area contributed by atoms with Crippen LogP contribution in [0.3, 0.4) is 0 Å². The summed E-state index contributed by atoms with van der Waals surface area (Å²) < 4.78 is 0. The van der Waals surface area contributed by atoms with Gasteiger partial charge in [-0.15, -0.1) is 0 Å². The maximum absolute atomic E-state index is 6.20. The van der Waals surface area contributed by atoms with Crippen LogP contribution in [-0.4, -0.2) is 7.85 Å². The van der Waals surface area contributed by atoms with Crippen LogP contribution in [0.25, 0.3) is 11.1 Å². The van der Waals surface area contributed by atoms with Gasteiger partial charge in [0.05, 0.1) is 7.85 Å². The van der Waals surface area contributed by atoms with Gasteiger partial charge in [0.1, 0.15) is 0 Å². The molecule has 0 N–H and O–H groups in total. The predicted molar refractivity (Wildman–Crippen MR) is 133 cm³/mol. The number of rotatable bonds is 5. The summed E-state index contributed by atoms with van der Waals surface area (Å²) in [5.41, 5.74) is 9.04. The van der Waals surface area contributed by atoms with E-state index >= 15 is 0 Å². The highest BCUT2D eigenvalue weighted by Crippen LogP contribution is 2.30. The average Bonchev–Trinajstić information content (AvgIpc) is 2.71. The van der Waals surface area contributed by atoms with Crippen molar-refractivity contribution in [2.45, 2.75) is 45.3 Å². The van der Waals surface area contributed by atoms with E-state index in [4.69, 9.17) is 7.85 Å². The van der Waals surface area contributed by atoms with Crippen molar-refractivity contribution in [1.82, 2.24) is 0 Å². The molecule has 30 heavy (non-hydrogen) atoms. The summed E-state index contributed by atoms with van der Waals surface area (Å²) >= 11 is 0. The van der Waals surface area contributed by atoms with E-state index in [-0.39, 0.29) is 10.7 Å². The molecule has 0 atom stereocenters. The van der Waals surface area contributed by atoms with E-state index in [9.17, 15) is 0 Å². The van der Waals surface area contributed by atoms with Gasteiger partial charge in [-0.1, -0.05) is 120 Å². The molecule has 3 rings (SSSR count). The highest BCUT2D eigenvalue weighted by Gasteiger charge is 2.15. The minimum absolute atomic E-state index is 0.145. The van der Waals surface area contributed by atoms with Gasteiger partial charge in [0, 0.05) is 0 Å². The predicted octanol–water partition coefficient (Wildman–Crippen LogP) is 7.51. The van der Waals surface area contributed by atoms with Gasteiger partial charge < -0.3 is 0 Å². The van der Waals surface area contributed by atoms with Crippen LogP contribution in [0.2, 0.25) is 0 Å². The monoisotopic (exact) mass is 390 g/mol. The van der Waals surface area contributed by atoms with Crippen molar-refractivity contribution < 1.29 is 0 Å². The average molecular weight is 390 g/mol. The zero-order chi connectivity index (χ0) is 22.1. The summed E-state index contributed by atoms with van der Waals surface area (Å²) in [4.78, 5) is 0. The van der Waals surface area contributed by atoms with Crippen LogP contribution in [0.15, 0.2) is 86.0 Å². The normalized spacial score (nSPS) is 11.9. The molecule has 0 saturated carbocycles. The Morgan fingerprint density at radius 3 is 1.37 bits per heavy atom. The fourth-order valence-electron chi connectivity index (χ4n) is 3.50. The molecule has 0 nitrogen and oxygen atoms in total. The molecule has 3 aromatic rings. The maximum atomic E-state index is 6.20. The number of benzene rings is 3. The van der Waals surface area contributed by atoms with Gasteiger partial charge in [-0.05, 0) is 55.8 Å². The fourth-order valence-corrected chi connectivity index (χ4v) is 3.50. The molecule has 0 spiro atoms. The van der Waals surface area contributed by atoms with Crippen LogP contribution >= 0.6 is 0 Å². The molecule has 2 radical (unpaired) electrons. The van der Waals surface area contributed by atoms with E-state index in [0.29, 0.717) is 0 Å². The summed E-state index contributed by atoms with van der Waals surface area (Å²) in [6.07, 6.45) is 0. The first-order valence-corrected chi connectivity index (χ1v) is 10.5. The molecule has 3 aromatic carbocycles. The lowest BCUT2D eigenvalue weighted by atomic mass is 9.67. The summed E-state index contributed by atoms with van der Waals surface area (Å²) in [6, 6.07) is 25.5. The third-order valence-electron chi connectivity index (χ3n) is 5.64. The molecule has 0 bridgehead atoms. The maximum Gasteiger partial charge on any atom is 0.0802 e. The van der Waals surface area contributed by atoms with Crippen molar-refractivity contribution in [1.29, 1.82) is 0 Å². The van der Waals surface area contributed by atoms with Gasteiger partial charge in [-0.3, -0.25) is 0 Å². The third-order valence-corrected chi connectivity index (χ3v) is 5.64. The fraction of sp³-hybridized carbons (Fsp3) is 0.241. The Balaban J connectivity index is 1.85. The molecule has 0 heterocycles. The van der Waals surface area contributed by atoms with Gasteiger partial charge in [-0.2, -0.15) is 0 Å². The zero-order valence-corrected chi connectivity index (χ0v) is 18.9. The van der Waals surface area contributed by atoms with Gasteiger partial charge in [0.15, 0.2) is 0 Å². The van der Waals surface area contributed by atoms with Gasteiger partial charge in [0.25, 0.3) is 0 Å². The summed E-state index contributed by atoms with van der Waals surface area (Å²) in [7, 11) is 6.20. The van der Waals surface area contributed by atoms with Crippen molar-refractivity contribution in [3.8, 4) is 0 Å². The molecule has 1 heteroatoms. The van der Waals surface area contributed by atoms with Crippen LogP contribution in [-0.2, 0) is 10.7 Å². The Labute approximate surface area is 183 Å². The first-order chi connectivity index (χ1) is 14.0. The van der Waals surface area contributed by atoms with Gasteiger partial charge >= 0.3 is 0 Å². The van der Waals surface area contributed by atoms with E-state index in [0.717, 1.165) is 39.0 Å². The highest BCUT2D eigenvalue weighted by molar-refractivity contribution is 6.15. The molecular formula is C29H31B. The lowest BCUT2D eigenvalue weighted by Gasteiger charge is -2.20. The summed E-state index contributed by atoms with van der Waals surface area (Å²) in [5, 5.41) is -0.347. The molecule has 0 amide bonds. The third kappa shape index (κ3) is 4.85. The number of hydrogen-bond donors (Lipinski definition) is 0. The van der Waals surface area contributed by atoms with Crippen LogP contribution in [0.4, 0.5) is 0 Å². The van der Waals surface area contributed by atoms with Crippen LogP contribution in [0.5, 0.6) is 0 Å². The van der Waals surface area contributed by atoms with E-state index in [1.807, 2.05) is 13.8 Å². The minimum Gasteiger partial charge on any atom is -0.0906 e. The molecule has 150 valence electrons. The Morgan fingerprint density at radius 1 is 0.600 bits per heavy atom. The molecule has 0 unspecified atom stereocenters. The summed E-state index contributed by atoms with van der Waals surface area (Å²) in [6.45, 7) is 19.4. The molecular weight excluding hydrogens is 359 g/mol. The Morgan fingerprint density at radius 2 is 1.00 bits per heavy atom. The van der Waals surface area contributed by atoms with Gasteiger partial charge in [0.2, 0.25) is 0 Å². The SMILES string of the molecule is [B]C(C)(C)c1ccc(C(=C)c2cccc(C(=C)c3ccc(C(C)(C)C)cc3)c2)cc1. The van der Waals surface area contributed by atoms with Gasteiger partial charge in [-0.25, -0.2) is 0 Å². The Bertz CT molecular complexity index is 968. The highest BCUT2D eigenvalue weighted by atomic mass is 14.2. The lowest BCUT2D eigenvalue weighted by molar-refractivity contribution is 0.590. The molecule has 0 fully saturated rings. The first kappa shape index (κ1) is 21.9.